The van der Waals surface area contributed by atoms with Gasteiger partial charge >= 0.3 is 0 Å². The van der Waals surface area contributed by atoms with Gasteiger partial charge in [-0.05, 0) is 18.2 Å². The van der Waals surface area contributed by atoms with Crippen LogP contribution in [0.25, 0.3) is 11.2 Å². The summed E-state index contributed by atoms with van der Waals surface area (Å²) >= 11 is 5.97. The largest absolute Gasteiger partial charge is 0.351 e. The molecule has 24 heavy (non-hydrogen) atoms. The Morgan fingerprint density at radius 2 is 1.96 bits per heavy atom. The normalized spacial score (nSPS) is 15.0. The molecular weight excluding hydrogens is 328 g/mol. The zero-order chi connectivity index (χ0) is 16.5. The van der Waals surface area contributed by atoms with Crippen molar-refractivity contribution in [2.24, 2.45) is 0 Å². The predicted octanol–water partition coefficient (Wildman–Crippen LogP) is 1.97. The Bertz CT molecular complexity index is 887. The lowest BCUT2D eigenvalue weighted by Crippen LogP contribution is -2.49. The molecule has 1 aromatic carbocycles. The highest BCUT2D eigenvalue weighted by Crippen LogP contribution is 2.21. The van der Waals surface area contributed by atoms with Crippen molar-refractivity contribution < 1.29 is 4.79 Å². The molecule has 0 radical (unpaired) electrons. The summed E-state index contributed by atoms with van der Waals surface area (Å²) in [6, 6.07) is 7.05. The van der Waals surface area contributed by atoms with Crippen LogP contribution in [-0.2, 0) is 0 Å². The first-order valence-electron chi connectivity index (χ1n) is 7.66. The van der Waals surface area contributed by atoms with Crippen LogP contribution in [0.15, 0.2) is 36.9 Å². The lowest BCUT2D eigenvalue weighted by molar-refractivity contribution is 0.0746. The van der Waals surface area contributed by atoms with E-state index in [2.05, 4.69) is 24.8 Å². The highest BCUT2D eigenvalue weighted by molar-refractivity contribution is 6.30. The van der Waals surface area contributed by atoms with E-state index in [-0.39, 0.29) is 5.91 Å². The molecular formula is C16H15ClN6O. The fourth-order valence-electron chi connectivity index (χ4n) is 2.92. The summed E-state index contributed by atoms with van der Waals surface area (Å²) in [4.78, 5) is 32.3. The number of benzene rings is 1. The molecule has 0 unspecified atom stereocenters. The first-order chi connectivity index (χ1) is 11.7. The molecule has 122 valence electrons. The van der Waals surface area contributed by atoms with Gasteiger partial charge in [0.25, 0.3) is 5.91 Å². The second-order valence-corrected chi connectivity index (χ2v) is 6.02. The number of amides is 1. The summed E-state index contributed by atoms with van der Waals surface area (Å²) in [5.41, 5.74) is 2.10. The maximum atomic E-state index is 12.6. The molecule has 1 N–H and O–H groups in total. The van der Waals surface area contributed by atoms with Crippen LogP contribution in [0.3, 0.4) is 0 Å². The number of hydrogen-bond acceptors (Lipinski definition) is 5. The van der Waals surface area contributed by atoms with Gasteiger partial charge in [-0.25, -0.2) is 15.0 Å². The zero-order valence-electron chi connectivity index (χ0n) is 12.8. The molecule has 3 heterocycles. The maximum absolute atomic E-state index is 12.6. The zero-order valence-corrected chi connectivity index (χ0v) is 13.6. The van der Waals surface area contributed by atoms with Crippen molar-refractivity contribution in [3.63, 3.8) is 0 Å². The number of carbonyl (C=O) groups excluding carboxylic acids is 1. The molecule has 4 rings (SSSR count). The highest BCUT2D eigenvalue weighted by Gasteiger charge is 2.24. The van der Waals surface area contributed by atoms with Crippen molar-refractivity contribution in [1.82, 2.24) is 24.8 Å². The lowest BCUT2D eigenvalue weighted by atomic mass is 10.2. The number of hydrogen-bond donors (Lipinski definition) is 1. The number of piperazine rings is 1. The van der Waals surface area contributed by atoms with Crippen LogP contribution >= 0.6 is 11.6 Å². The minimum absolute atomic E-state index is 0.00604. The SMILES string of the molecule is O=C(c1cccc(Cl)c1)N1CCN(c2ncnc3nc[nH]c23)CC1. The van der Waals surface area contributed by atoms with Gasteiger partial charge in [0.05, 0.1) is 6.33 Å². The van der Waals surface area contributed by atoms with E-state index in [1.165, 1.54) is 6.33 Å². The average molecular weight is 343 g/mol. The number of H-pyrrole nitrogens is 1. The Kier molecular flexibility index (Phi) is 3.78. The minimum Gasteiger partial charge on any atom is -0.351 e. The molecule has 2 aromatic heterocycles. The smallest absolute Gasteiger partial charge is 0.254 e. The number of carbonyl (C=O) groups is 1. The number of anilines is 1. The van der Waals surface area contributed by atoms with Crippen molar-refractivity contribution in [3.05, 3.63) is 47.5 Å². The maximum Gasteiger partial charge on any atom is 0.254 e. The number of rotatable bonds is 2. The molecule has 7 nitrogen and oxygen atoms in total. The Morgan fingerprint density at radius 3 is 2.75 bits per heavy atom. The topological polar surface area (TPSA) is 78.0 Å². The Morgan fingerprint density at radius 1 is 1.12 bits per heavy atom. The van der Waals surface area contributed by atoms with Gasteiger partial charge in [0.15, 0.2) is 11.5 Å². The highest BCUT2D eigenvalue weighted by atomic mass is 35.5. The molecule has 8 heteroatoms. The fraction of sp³-hybridized carbons (Fsp3) is 0.250. The second-order valence-electron chi connectivity index (χ2n) is 5.59. The van der Waals surface area contributed by atoms with E-state index >= 15 is 0 Å². The van der Waals surface area contributed by atoms with E-state index in [9.17, 15) is 4.79 Å². The molecule has 0 saturated carbocycles. The summed E-state index contributed by atoms with van der Waals surface area (Å²) in [5, 5.41) is 0.571. The van der Waals surface area contributed by atoms with E-state index < -0.39 is 0 Å². The van der Waals surface area contributed by atoms with Gasteiger partial charge in [-0.3, -0.25) is 4.79 Å². The van der Waals surface area contributed by atoms with Gasteiger partial charge in [-0.15, -0.1) is 0 Å². The van der Waals surface area contributed by atoms with Crippen LogP contribution in [-0.4, -0.2) is 56.9 Å². The summed E-state index contributed by atoms with van der Waals surface area (Å²) < 4.78 is 0. The van der Waals surface area contributed by atoms with Gasteiger partial charge in [-0.2, -0.15) is 0 Å². The van der Waals surface area contributed by atoms with E-state index in [1.54, 1.807) is 30.6 Å². The van der Waals surface area contributed by atoms with E-state index in [1.807, 2.05) is 4.90 Å². The third-order valence-electron chi connectivity index (χ3n) is 4.14. The summed E-state index contributed by atoms with van der Waals surface area (Å²) in [5.74, 6) is 0.832. The number of nitrogens with one attached hydrogen (secondary N) is 1. The molecule has 0 spiro atoms. The second kappa shape index (κ2) is 6.09. The van der Waals surface area contributed by atoms with Crippen molar-refractivity contribution in [2.75, 3.05) is 31.1 Å². The molecule has 3 aromatic rings. The number of aromatic amines is 1. The summed E-state index contributed by atoms with van der Waals surface area (Å²) in [6.45, 7) is 2.67. The molecule has 1 saturated heterocycles. The number of imidazole rings is 1. The Balaban J connectivity index is 1.49. The molecule has 1 fully saturated rings. The van der Waals surface area contributed by atoms with Gasteiger partial charge in [0.1, 0.15) is 11.8 Å². The summed E-state index contributed by atoms with van der Waals surface area (Å²) in [7, 11) is 0. The van der Waals surface area contributed by atoms with Crippen LogP contribution < -0.4 is 4.90 Å². The van der Waals surface area contributed by atoms with Crippen LogP contribution in [0.5, 0.6) is 0 Å². The van der Waals surface area contributed by atoms with Gasteiger partial charge in [0, 0.05) is 36.8 Å². The lowest BCUT2D eigenvalue weighted by Gasteiger charge is -2.35. The predicted molar refractivity (Wildman–Crippen MR) is 91.3 cm³/mol. The number of nitrogens with zero attached hydrogens (tertiary/aromatic N) is 5. The van der Waals surface area contributed by atoms with Crippen molar-refractivity contribution in [3.8, 4) is 0 Å². The van der Waals surface area contributed by atoms with Crippen LogP contribution in [0.2, 0.25) is 5.02 Å². The monoisotopic (exact) mass is 342 g/mol. The van der Waals surface area contributed by atoms with Crippen LogP contribution in [0.4, 0.5) is 5.82 Å². The van der Waals surface area contributed by atoms with Crippen molar-refractivity contribution in [1.29, 1.82) is 0 Å². The third-order valence-corrected chi connectivity index (χ3v) is 4.38. The van der Waals surface area contributed by atoms with Crippen molar-refractivity contribution >= 4 is 34.5 Å². The fourth-order valence-corrected chi connectivity index (χ4v) is 3.11. The summed E-state index contributed by atoms with van der Waals surface area (Å²) in [6.07, 6.45) is 3.13. The Labute approximate surface area is 143 Å². The Hall–Kier alpha value is -2.67. The van der Waals surface area contributed by atoms with Crippen LogP contribution in [0, 0.1) is 0 Å². The number of halogens is 1. The van der Waals surface area contributed by atoms with Gasteiger partial charge < -0.3 is 14.8 Å². The standard InChI is InChI=1S/C16H15ClN6O/c17-12-3-1-2-11(8-12)16(24)23-6-4-22(5-7-23)15-13-14(19-9-18-13)20-10-21-15/h1-3,8-10H,4-7H2,(H,18,19,20,21). The van der Waals surface area contributed by atoms with Gasteiger partial charge in [0.2, 0.25) is 0 Å². The van der Waals surface area contributed by atoms with E-state index in [0.717, 1.165) is 11.3 Å². The quantitative estimate of drug-likeness (QED) is 0.770. The molecule has 1 aliphatic heterocycles. The minimum atomic E-state index is 0.00604. The molecule has 0 aliphatic carbocycles. The number of aromatic nitrogens is 4. The molecule has 0 bridgehead atoms. The molecule has 0 atom stereocenters. The first kappa shape index (κ1) is 14.9. The van der Waals surface area contributed by atoms with E-state index in [0.29, 0.717) is 42.4 Å². The average Bonchev–Trinajstić information content (AvgIpc) is 3.10. The third kappa shape index (κ3) is 2.67. The molecule has 1 aliphatic rings. The van der Waals surface area contributed by atoms with E-state index in [4.69, 9.17) is 11.6 Å². The number of fused-ring (bicyclic) bond motifs is 1. The first-order valence-corrected chi connectivity index (χ1v) is 8.04. The van der Waals surface area contributed by atoms with Gasteiger partial charge in [-0.1, -0.05) is 17.7 Å². The van der Waals surface area contributed by atoms with Crippen molar-refractivity contribution in [2.45, 2.75) is 0 Å². The molecule has 1 amide bonds. The van der Waals surface area contributed by atoms with Crippen LogP contribution in [0.1, 0.15) is 10.4 Å².